The molecular formula is C19H15F2NO4. The van der Waals surface area contributed by atoms with Crippen LogP contribution in [0.5, 0.6) is 5.75 Å². The first-order chi connectivity index (χ1) is 12.4. The van der Waals surface area contributed by atoms with E-state index in [1.165, 1.54) is 29.2 Å². The third kappa shape index (κ3) is 2.34. The maximum Gasteiger partial charge on any atom is 0.387 e. The number of carboxylic acids is 1. The van der Waals surface area contributed by atoms with Crippen molar-refractivity contribution in [1.82, 2.24) is 0 Å². The van der Waals surface area contributed by atoms with Crippen LogP contribution in [0.4, 0.5) is 20.2 Å². The molecule has 1 N–H and O–H groups in total. The Morgan fingerprint density at radius 3 is 2.58 bits per heavy atom. The average Bonchev–Trinajstić information content (AvgIpc) is 2.81. The molecule has 0 aromatic heterocycles. The van der Waals surface area contributed by atoms with Crippen molar-refractivity contribution in [3.8, 4) is 5.75 Å². The lowest BCUT2D eigenvalue weighted by atomic mass is 9.65. The maximum atomic E-state index is 13.2. The molecule has 5 nitrogen and oxygen atoms in total. The molecule has 1 heterocycles. The van der Waals surface area contributed by atoms with Crippen molar-refractivity contribution in [1.29, 1.82) is 0 Å². The van der Waals surface area contributed by atoms with Crippen molar-refractivity contribution in [2.75, 3.05) is 4.90 Å². The van der Waals surface area contributed by atoms with Gasteiger partial charge >= 0.3 is 12.6 Å². The Hall–Kier alpha value is -2.96. The van der Waals surface area contributed by atoms with E-state index >= 15 is 0 Å². The van der Waals surface area contributed by atoms with Gasteiger partial charge in [0.2, 0.25) is 5.91 Å². The average molecular weight is 359 g/mol. The minimum absolute atomic E-state index is 0.0384. The van der Waals surface area contributed by atoms with Gasteiger partial charge in [0.1, 0.15) is 5.75 Å². The van der Waals surface area contributed by atoms with E-state index in [4.69, 9.17) is 0 Å². The van der Waals surface area contributed by atoms with Gasteiger partial charge in [0, 0.05) is 6.07 Å². The van der Waals surface area contributed by atoms with Crippen molar-refractivity contribution < 1.29 is 28.2 Å². The number of amides is 1. The quantitative estimate of drug-likeness (QED) is 0.893. The highest BCUT2D eigenvalue weighted by molar-refractivity contribution is 6.14. The van der Waals surface area contributed by atoms with Gasteiger partial charge in [-0.1, -0.05) is 12.5 Å². The van der Waals surface area contributed by atoms with E-state index < -0.39 is 18.0 Å². The first-order valence-electron chi connectivity index (χ1n) is 8.20. The van der Waals surface area contributed by atoms with Gasteiger partial charge in [-0.3, -0.25) is 9.69 Å². The third-order valence-corrected chi connectivity index (χ3v) is 5.12. The molecule has 1 saturated carbocycles. The highest BCUT2D eigenvalue weighted by Crippen LogP contribution is 2.55. The smallest absolute Gasteiger partial charge is 0.387 e. The number of fused-ring (bicyclic) bond motifs is 2. The number of aromatic carboxylic acids is 1. The number of halogens is 2. The van der Waals surface area contributed by atoms with Crippen molar-refractivity contribution in [3.63, 3.8) is 0 Å². The standard InChI is InChI=1S/C19H15F2NO4/c20-18(21)26-13-4-1-3-12(10-13)22-15-6-5-11(16(23)24)9-14(15)19(17(22)25)7-2-8-19/h1,3-6,9-10,18H,2,7-8H2,(H,23,24). The first kappa shape index (κ1) is 16.5. The van der Waals surface area contributed by atoms with E-state index in [0.29, 0.717) is 29.8 Å². The zero-order valence-electron chi connectivity index (χ0n) is 13.6. The highest BCUT2D eigenvalue weighted by atomic mass is 19.3. The largest absolute Gasteiger partial charge is 0.478 e. The van der Waals surface area contributed by atoms with Crippen LogP contribution in [-0.2, 0) is 10.2 Å². The van der Waals surface area contributed by atoms with E-state index in [1.54, 1.807) is 18.2 Å². The molecule has 1 amide bonds. The second kappa shape index (κ2) is 5.79. The first-order valence-corrected chi connectivity index (χ1v) is 8.20. The van der Waals surface area contributed by atoms with Gasteiger partial charge in [0.15, 0.2) is 0 Å². The number of alkyl halides is 2. The number of hydrogen-bond acceptors (Lipinski definition) is 3. The van der Waals surface area contributed by atoms with E-state index in [-0.39, 0.29) is 17.2 Å². The number of hydrogen-bond donors (Lipinski definition) is 1. The molecule has 0 unspecified atom stereocenters. The van der Waals surface area contributed by atoms with Crippen LogP contribution in [0.1, 0.15) is 35.2 Å². The van der Waals surface area contributed by atoms with E-state index in [9.17, 15) is 23.5 Å². The molecule has 0 atom stereocenters. The number of carbonyl (C=O) groups is 2. The van der Waals surface area contributed by atoms with Gasteiger partial charge < -0.3 is 9.84 Å². The Morgan fingerprint density at radius 1 is 1.19 bits per heavy atom. The summed E-state index contributed by atoms with van der Waals surface area (Å²) < 4.78 is 29.4. The molecule has 1 aliphatic carbocycles. The predicted molar refractivity (Wildman–Crippen MR) is 89.2 cm³/mol. The number of rotatable bonds is 4. The van der Waals surface area contributed by atoms with Gasteiger partial charge in [-0.15, -0.1) is 0 Å². The van der Waals surface area contributed by atoms with Crippen LogP contribution >= 0.6 is 0 Å². The molecule has 2 aliphatic rings. The van der Waals surface area contributed by atoms with Crippen molar-refractivity contribution in [2.24, 2.45) is 0 Å². The normalized spacial score (nSPS) is 17.3. The van der Waals surface area contributed by atoms with Crippen LogP contribution in [0.15, 0.2) is 42.5 Å². The summed E-state index contributed by atoms with van der Waals surface area (Å²) in [7, 11) is 0. The summed E-state index contributed by atoms with van der Waals surface area (Å²) in [6.45, 7) is -2.96. The van der Waals surface area contributed by atoms with Crippen molar-refractivity contribution in [3.05, 3.63) is 53.6 Å². The Labute approximate surface area is 147 Å². The molecule has 1 fully saturated rings. The fourth-order valence-corrected chi connectivity index (χ4v) is 3.75. The van der Waals surface area contributed by atoms with Crippen LogP contribution in [0.25, 0.3) is 0 Å². The summed E-state index contributed by atoms with van der Waals surface area (Å²) in [5, 5.41) is 9.26. The zero-order chi connectivity index (χ0) is 18.5. The van der Waals surface area contributed by atoms with Crippen molar-refractivity contribution >= 4 is 23.3 Å². The van der Waals surface area contributed by atoms with E-state index in [1.807, 2.05) is 0 Å². The summed E-state index contributed by atoms with van der Waals surface area (Å²) in [4.78, 5) is 26.0. The van der Waals surface area contributed by atoms with Crippen LogP contribution in [0, 0.1) is 0 Å². The van der Waals surface area contributed by atoms with Crippen molar-refractivity contribution in [2.45, 2.75) is 31.3 Å². The van der Waals surface area contributed by atoms with Gasteiger partial charge in [-0.25, -0.2) is 4.79 Å². The Kier molecular flexibility index (Phi) is 3.68. The molecule has 2 aromatic rings. The zero-order valence-corrected chi connectivity index (χ0v) is 13.6. The predicted octanol–water partition coefficient (Wildman–Crippen LogP) is 4.09. The lowest BCUT2D eigenvalue weighted by Gasteiger charge is -2.37. The Morgan fingerprint density at radius 2 is 1.96 bits per heavy atom. The summed E-state index contributed by atoms with van der Waals surface area (Å²) >= 11 is 0. The molecule has 1 spiro atoms. The fraction of sp³-hybridized carbons (Fsp3) is 0.263. The molecule has 0 bridgehead atoms. The number of benzene rings is 2. The van der Waals surface area contributed by atoms with Crippen LogP contribution in [0.3, 0.4) is 0 Å². The Bertz CT molecular complexity index is 908. The highest BCUT2D eigenvalue weighted by Gasteiger charge is 2.55. The Balaban J connectivity index is 1.82. The van der Waals surface area contributed by atoms with Gasteiger partial charge in [0.05, 0.1) is 22.4 Å². The molecule has 1 aliphatic heterocycles. The molecule has 26 heavy (non-hydrogen) atoms. The van der Waals surface area contributed by atoms with E-state index in [0.717, 1.165) is 6.42 Å². The molecule has 7 heteroatoms. The number of carbonyl (C=O) groups excluding carboxylic acids is 1. The summed E-state index contributed by atoms with van der Waals surface area (Å²) in [6.07, 6.45) is 2.17. The molecule has 4 rings (SSSR count). The van der Waals surface area contributed by atoms with E-state index in [2.05, 4.69) is 4.74 Å². The monoisotopic (exact) mass is 359 g/mol. The molecule has 134 valence electrons. The topological polar surface area (TPSA) is 66.8 Å². The van der Waals surface area contributed by atoms with Crippen LogP contribution in [-0.4, -0.2) is 23.6 Å². The number of carboxylic acid groups (broad SMARTS) is 1. The summed E-state index contributed by atoms with van der Waals surface area (Å²) in [6, 6.07) is 10.6. The molecule has 0 saturated heterocycles. The number of nitrogens with zero attached hydrogens (tertiary/aromatic N) is 1. The van der Waals surface area contributed by atoms with Gasteiger partial charge in [-0.2, -0.15) is 8.78 Å². The molecule has 2 aromatic carbocycles. The maximum absolute atomic E-state index is 13.2. The summed E-state index contributed by atoms with van der Waals surface area (Å²) in [5.41, 5.74) is 1.10. The third-order valence-electron chi connectivity index (χ3n) is 5.12. The number of anilines is 2. The second-order valence-corrected chi connectivity index (χ2v) is 6.49. The SMILES string of the molecule is O=C(O)c1ccc2c(c1)C1(CCC1)C(=O)N2c1cccc(OC(F)F)c1. The van der Waals surface area contributed by atoms with Gasteiger partial charge in [0.25, 0.3) is 0 Å². The minimum atomic E-state index is -2.96. The summed E-state index contributed by atoms with van der Waals surface area (Å²) in [5.74, 6) is -1.25. The molecular weight excluding hydrogens is 344 g/mol. The lowest BCUT2D eigenvalue weighted by molar-refractivity contribution is -0.125. The molecule has 0 radical (unpaired) electrons. The number of ether oxygens (including phenoxy) is 1. The minimum Gasteiger partial charge on any atom is -0.478 e. The fourth-order valence-electron chi connectivity index (χ4n) is 3.75. The lowest BCUT2D eigenvalue weighted by Crippen LogP contribution is -2.43. The van der Waals surface area contributed by atoms with Gasteiger partial charge in [-0.05, 0) is 48.7 Å². The second-order valence-electron chi connectivity index (χ2n) is 6.49. The van der Waals surface area contributed by atoms with Crippen LogP contribution < -0.4 is 9.64 Å². The van der Waals surface area contributed by atoms with Crippen LogP contribution in [0.2, 0.25) is 0 Å².